The average molecular weight is 253 g/mol. The number of rotatable bonds is 5. The van der Waals surface area contributed by atoms with Crippen molar-refractivity contribution in [1.82, 2.24) is 4.90 Å². The van der Waals surface area contributed by atoms with Gasteiger partial charge in [-0.3, -0.25) is 14.5 Å². The number of hydrogen-bond donors (Lipinski definition) is 1. The molecule has 2 rings (SSSR count). The molecule has 0 radical (unpaired) electrons. The average Bonchev–Trinajstić information content (AvgIpc) is 2.82. The zero-order valence-corrected chi connectivity index (χ0v) is 11.3. The van der Waals surface area contributed by atoms with Crippen LogP contribution in [0.15, 0.2) is 0 Å². The van der Waals surface area contributed by atoms with E-state index in [2.05, 4.69) is 6.92 Å². The molecular formula is C14H23NO3. The highest BCUT2D eigenvalue weighted by atomic mass is 16.3. The van der Waals surface area contributed by atoms with E-state index in [4.69, 9.17) is 5.11 Å². The maximum atomic E-state index is 12.1. The lowest BCUT2D eigenvalue weighted by molar-refractivity contribution is -0.140. The van der Waals surface area contributed by atoms with Gasteiger partial charge in [-0.25, -0.2) is 0 Å². The van der Waals surface area contributed by atoms with E-state index in [0.717, 1.165) is 25.7 Å². The summed E-state index contributed by atoms with van der Waals surface area (Å²) in [6.45, 7) is 4.80. The van der Waals surface area contributed by atoms with Crippen molar-refractivity contribution in [3.63, 3.8) is 0 Å². The van der Waals surface area contributed by atoms with Crippen LogP contribution in [-0.2, 0) is 9.59 Å². The topological polar surface area (TPSA) is 57.6 Å². The maximum Gasteiger partial charge on any atom is 0.233 e. The Labute approximate surface area is 108 Å². The number of carbonyl (C=O) groups excluding carboxylic acids is 2. The molecule has 2 fully saturated rings. The van der Waals surface area contributed by atoms with Crippen LogP contribution in [0.5, 0.6) is 0 Å². The third kappa shape index (κ3) is 2.44. The first-order valence-electron chi connectivity index (χ1n) is 7.00. The second kappa shape index (κ2) is 5.39. The molecule has 1 aliphatic heterocycles. The number of nitrogens with zero attached hydrogens (tertiary/aromatic N) is 1. The molecule has 102 valence electrons. The first kappa shape index (κ1) is 13.5. The van der Waals surface area contributed by atoms with Gasteiger partial charge in [0.25, 0.3) is 0 Å². The van der Waals surface area contributed by atoms with Crippen molar-refractivity contribution < 1.29 is 14.7 Å². The van der Waals surface area contributed by atoms with Crippen molar-refractivity contribution in [3.8, 4) is 0 Å². The molecule has 3 atom stereocenters. The van der Waals surface area contributed by atoms with Crippen LogP contribution in [0.3, 0.4) is 0 Å². The van der Waals surface area contributed by atoms with E-state index in [1.165, 1.54) is 4.90 Å². The smallest absolute Gasteiger partial charge is 0.233 e. The van der Waals surface area contributed by atoms with Gasteiger partial charge in [-0.1, -0.05) is 13.8 Å². The van der Waals surface area contributed by atoms with Crippen molar-refractivity contribution in [2.75, 3.05) is 13.2 Å². The van der Waals surface area contributed by atoms with Crippen LogP contribution in [0.25, 0.3) is 0 Å². The summed E-state index contributed by atoms with van der Waals surface area (Å²) in [5.74, 6) is 0.768. The Morgan fingerprint density at radius 2 is 1.83 bits per heavy atom. The Morgan fingerprint density at radius 3 is 2.33 bits per heavy atom. The third-order valence-electron chi connectivity index (χ3n) is 4.36. The lowest BCUT2D eigenvalue weighted by Crippen LogP contribution is -2.33. The normalized spacial score (nSPS) is 33.1. The van der Waals surface area contributed by atoms with Crippen molar-refractivity contribution >= 4 is 11.8 Å². The lowest BCUT2D eigenvalue weighted by Gasteiger charge is -2.17. The van der Waals surface area contributed by atoms with E-state index < -0.39 is 0 Å². The van der Waals surface area contributed by atoms with Gasteiger partial charge in [0.15, 0.2) is 0 Å². The van der Waals surface area contributed by atoms with E-state index >= 15 is 0 Å². The molecule has 2 amide bonds. The summed E-state index contributed by atoms with van der Waals surface area (Å²) in [6.07, 6.45) is 3.41. The Bertz CT molecular complexity index is 318. The third-order valence-corrected chi connectivity index (χ3v) is 4.36. The molecule has 4 heteroatoms. The van der Waals surface area contributed by atoms with Gasteiger partial charge in [0.1, 0.15) is 0 Å². The minimum atomic E-state index is -0.0391. The minimum absolute atomic E-state index is 0.0391. The molecule has 0 aromatic rings. The standard InChI is InChI=1S/C14H23NO3/c1-9(8-16)4-3-5-15-13(17)11-6-10(2)7-12(11)14(15)18/h9-12,16H,3-8H2,1-2H3. The van der Waals surface area contributed by atoms with Crippen LogP contribution in [0.4, 0.5) is 0 Å². The fourth-order valence-corrected chi connectivity index (χ4v) is 3.26. The summed E-state index contributed by atoms with van der Waals surface area (Å²) in [5.41, 5.74) is 0. The highest BCUT2D eigenvalue weighted by Crippen LogP contribution is 2.42. The fourth-order valence-electron chi connectivity index (χ4n) is 3.26. The van der Waals surface area contributed by atoms with Gasteiger partial charge in [0.05, 0.1) is 11.8 Å². The number of likely N-dealkylation sites (tertiary alicyclic amines) is 1. The quantitative estimate of drug-likeness (QED) is 0.754. The Morgan fingerprint density at radius 1 is 1.28 bits per heavy atom. The zero-order chi connectivity index (χ0) is 13.3. The largest absolute Gasteiger partial charge is 0.396 e. The summed E-state index contributed by atoms with van der Waals surface area (Å²) in [4.78, 5) is 25.8. The molecule has 3 unspecified atom stereocenters. The van der Waals surface area contributed by atoms with E-state index in [1.807, 2.05) is 6.92 Å². The molecule has 0 bridgehead atoms. The number of aliphatic hydroxyl groups excluding tert-OH is 1. The van der Waals surface area contributed by atoms with Gasteiger partial charge in [-0.2, -0.15) is 0 Å². The van der Waals surface area contributed by atoms with Crippen LogP contribution in [0.1, 0.15) is 39.5 Å². The van der Waals surface area contributed by atoms with E-state index in [-0.39, 0.29) is 36.2 Å². The number of carbonyl (C=O) groups is 2. The second-order valence-corrected chi connectivity index (χ2v) is 6.05. The van der Waals surface area contributed by atoms with Gasteiger partial charge in [0, 0.05) is 13.2 Å². The van der Waals surface area contributed by atoms with Gasteiger partial charge < -0.3 is 5.11 Å². The molecule has 0 aromatic heterocycles. The molecule has 18 heavy (non-hydrogen) atoms. The van der Waals surface area contributed by atoms with Crippen LogP contribution in [-0.4, -0.2) is 35.0 Å². The summed E-state index contributed by atoms with van der Waals surface area (Å²) in [6, 6.07) is 0. The van der Waals surface area contributed by atoms with Crippen LogP contribution < -0.4 is 0 Å². The first-order valence-corrected chi connectivity index (χ1v) is 7.00. The predicted molar refractivity (Wildman–Crippen MR) is 67.6 cm³/mol. The molecule has 1 saturated carbocycles. The van der Waals surface area contributed by atoms with Crippen molar-refractivity contribution in [2.24, 2.45) is 23.7 Å². The molecule has 2 aliphatic rings. The van der Waals surface area contributed by atoms with E-state index in [9.17, 15) is 9.59 Å². The molecule has 1 heterocycles. The highest BCUT2D eigenvalue weighted by Gasteiger charge is 2.51. The van der Waals surface area contributed by atoms with Crippen molar-refractivity contribution in [2.45, 2.75) is 39.5 Å². The highest BCUT2D eigenvalue weighted by molar-refractivity contribution is 6.05. The molecule has 1 aliphatic carbocycles. The molecular weight excluding hydrogens is 230 g/mol. The molecule has 1 saturated heterocycles. The number of amides is 2. The summed E-state index contributed by atoms with van der Waals surface area (Å²) in [5, 5.41) is 8.94. The SMILES string of the molecule is CC(CO)CCCN1C(=O)C2CC(C)CC2C1=O. The monoisotopic (exact) mass is 253 g/mol. The molecule has 0 aromatic carbocycles. The summed E-state index contributed by atoms with van der Waals surface area (Å²) >= 11 is 0. The maximum absolute atomic E-state index is 12.1. The van der Waals surface area contributed by atoms with Crippen molar-refractivity contribution in [3.05, 3.63) is 0 Å². The van der Waals surface area contributed by atoms with Gasteiger partial charge in [0.2, 0.25) is 11.8 Å². The Hall–Kier alpha value is -0.900. The van der Waals surface area contributed by atoms with Crippen LogP contribution in [0, 0.1) is 23.7 Å². The van der Waals surface area contributed by atoms with Crippen LogP contribution >= 0.6 is 0 Å². The number of fused-ring (bicyclic) bond motifs is 1. The van der Waals surface area contributed by atoms with Gasteiger partial charge in [-0.05, 0) is 37.5 Å². The van der Waals surface area contributed by atoms with Gasteiger partial charge in [-0.15, -0.1) is 0 Å². The second-order valence-electron chi connectivity index (χ2n) is 6.05. The van der Waals surface area contributed by atoms with Gasteiger partial charge >= 0.3 is 0 Å². The molecule has 4 nitrogen and oxygen atoms in total. The number of aliphatic hydroxyl groups is 1. The summed E-state index contributed by atoms with van der Waals surface area (Å²) < 4.78 is 0. The predicted octanol–water partition coefficient (Wildman–Crippen LogP) is 1.43. The zero-order valence-electron chi connectivity index (χ0n) is 11.3. The number of imide groups is 1. The Kier molecular flexibility index (Phi) is 4.05. The fraction of sp³-hybridized carbons (Fsp3) is 0.857. The lowest BCUT2D eigenvalue weighted by atomic mass is 10.00. The van der Waals surface area contributed by atoms with E-state index in [1.54, 1.807) is 0 Å². The molecule has 1 N–H and O–H groups in total. The minimum Gasteiger partial charge on any atom is -0.396 e. The van der Waals surface area contributed by atoms with Crippen LogP contribution in [0.2, 0.25) is 0 Å². The van der Waals surface area contributed by atoms with E-state index in [0.29, 0.717) is 12.5 Å². The van der Waals surface area contributed by atoms with Crippen molar-refractivity contribution in [1.29, 1.82) is 0 Å². The summed E-state index contributed by atoms with van der Waals surface area (Å²) in [7, 11) is 0. The first-order chi connectivity index (χ1) is 8.54. The molecule has 0 spiro atoms. The Balaban J connectivity index is 1.88. The number of hydrogen-bond acceptors (Lipinski definition) is 3.